The van der Waals surface area contributed by atoms with Gasteiger partial charge < -0.3 is 4.90 Å². The van der Waals surface area contributed by atoms with Crippen LogP contribution < -0.4 is 0 Å². The monoisotopic (exact) mass is 219 g/mol. The fraction of sp³-hybridized carbons (Fsp3) is 0.500. The maximum absolute atomic E-state index is 12.2. The van der Waals surface area contributed by atoms with Crippen LogP contribution in [0, 0.1) is 5.41 Å². The smallest absolute Gasteiger partial charge is 0.230 e. The van der Waals surface area contributed by atoms with E-state index >= 15 is 0 Å². The Morgan fingerprint density at radius 2 is 1.62 bits per heavy atom. The maximum atomic E-state index is 12.2. The zero-order valence-electron chi connectivity index (χ0n) is 10.8. The third kappa shape index (κ3) is 2.84. The Hall–Kier alpha value is -1.31. The summed E-state index contributed by atoms with van der Waals surface area (Å²) in [4.78, 5) is 13.9. The number of hydrogen-bond acceptors (Lipinski definition) is 1. The van der Waals surface area contributed by atoms with Crippen molar-refractivity contribution in [3.05, 3.63) is 35.9 Å². The van der Waals surface area contributed by atoms with Crippen molar-refractivity contribution in [2.75, 3.05) is 14.1 Å². The standard InChI is InChI=1S/C14H21NO/c1-14(2,3)12(13(16)15(4)5)11-9-7-6-8-10-11/h6-10,12H,1-5H3. The van der Waals surface area contributed by atoms with Crippen molar-refractivity contribution in [1.82, 2.24) is 4.90 Å². The Morgan fingerprint density at radius 3 is 2.00 bits per heavy atom. The number of nitrogens with zero attached hydrogens (tertiary/aromatic N) is 1. The number of benzene rings is 1. The summed E-state index contributed by atoms with van der Waals surface area (Å²) in [6.45, 7) is 6.31. The van der Waals surface area contributed by atoms with Crippen LogP contribution in [0.1, 0.15) is 32.3 Å². The molecule has 0 radical (unpaired) electrons. The van der Waals surface area contributed by atoms with E-state index < -0.39 is 0 Å². The van der Waals surface area contributed by atoms with E-state index in [0.29, 0.717) is 0 Å². The summed E-state index contributed by atoms with van der Waals surface area (Å²) >= 11 is 0. The third-order valence-corrected chi connectivity index (χ3v) is 2.69. The highest BCUT2D eigenvalue weighted by molar-refractivity contribution is 5.84. The van der Waals surface area contributed by atoms with Gasteiger partial charge in [0.1, 0.15) is 0 Å². The van der Waals surface area contributed by atoms with E-state index in [-0.39, 0.29) is 17.2 Å². The van der Waals surface area contributed by atoms with Gasteiger partial charge in [-0.15, -0.1) is 0 Å². The molecule has 1 aromatic carbocycles. The lowest BCUT2D eigenvalue weighted by molar-refractivity contribution is -0.132. The molecule has 0 saturated carbocycles. The van der Waals surface area contributed by atoms with Crippen molar-refractivity contribution in [2.24, 2.45) is 5.41 Å². The highest BCUT2D eigenvalue weighted by atomic mass is 16.2. The summed E-state index contributed by atoms with van der Waals surface area (Å²) in [5, 5.41) is 0. The molecule has 0 spiro atoms. The number of likely N-dealkylation sites (N-methyl/N-ethyl adjacent to an activating group) is 1. The van der Waals surface area contributed by atoms with Gasteiger partial charge in [-0.25, -0.2) is 0 Å². The molecule has 1 unspecified atom stereocenters. The van der Waals surface area contributed by atoms with Crippen LogP contribution in [0.2, 0.25) is 0 Å². The zero-order valence-corrected chi connectivity index (χ0v) is 10.8. The highest BCUT2D eigenvalue weighted by Gasteiger charge is 2.33. The number of hydrogen-bond donors (Lipinski definition) is 0. The number of rotatable bonds is 2. The molecule has 1 aromatic rings. The van der Waals surface area contributed by atoms with Gasteiger partial charge in [-0.3, -0.25) is 4.79 Å². The average molecular weight is 219 g/mol. The first kappa shape index (κ1) is 12.8. The van der Waals surface area contributed by atoms with Crippen molar-refractivity contribution in [3.8, 4) is 0 Å². The second-order valence-electron chi connectivity index (χ2n) is 5.44. The van der Waals surface area contributed by atoms with E-state index in [0.717, 1.165) is 5.56 Å². The van der Waals surface area contributed by atoms with Crippen molar-refractivity contribution in [1.29, 1.82) is 0 Å². The normalized spacial score (nSPS) is 13.3. The van der Waals surface area contributed by atoms with E-state index in [2.05, 4.69) is 20.8 Å². The summed E-state index contributed by atoms with van der Waals surface area (Å²) in [7, 11) is 3.62. The first-order valence-electron chi connectivity index (χ1n) is 5.60. The molecule has 1 atom stereocenters. The minimum atomic E-state index is -0.0799. The van der Waals surface area contributed by atoms with E-state index in [4.69, 9.17) is 0 Å². The van der Waals surface area contributed by atoms with E-state index in [1.165, 1.54) is 0 Å². The molecule has 88 valence electrons. The lowest BCUT2D eigenvalue weighted by Crippen LogP contribution is -2.35. The van der Waals surface area contributed by atoms with Crippen LogP contribution in [0.15, 0.2) is 30.3 Å². The minimum absolute atomic E-state index is 0.0668. The Balaban J connectivity index is 3.13. The highest BCUT2D eigenvalue weighted by Crippen LogP contribution is 2.35. The predicted octanol–water partition coefficient (Wildman–Crippen LogP) is 2.90. The topological polar surface area (TPSA) is 20.3 Å². The van der Waals surface area contributed by atoms with E-state index in [1.807, 2.05) is 44.4 Å². The predicted molar refractivity (Wildman–Crippen MR) is 67.3 cm³/mol. The van der Waals surface area contributed by atoms with Crippen LogP contribution in [-0.4, -0.2) is 24.9 Å². The molecule has 0 heterocycles. The molecule has 2 nitrogen and oxygen atoms in total. The lowest BCUT2D eigenvalue weighted by Gasteiger charge is -2.32. The molecule has 0 fully saturated rings. The van der Waals surface area contributed by atoms with Crippen molar-refractivity contribution in [2.45, 2.75) is 26.7 Å². The summed E-state index contributed by atoms with van der Waals surface area (Å²) in [5.41, 5.74) is 1.02. The first-order chi connectivity index (χ1) is 7.34. The van der Waals surface area contributed by atoms with Crippen LogP contribution in [0.25, 0.3) is 0 Å². The van der Waals surface area contributed by atoms with Gasteiger partial charge in [-0.2, -0.15) is 0 Å². The van der Waals surface area contributed by atoms with E-state index in [9.17, 15) is 4.79 Å². The number of amides is 1. The van der Waals surface area contributed by atoms with Gasteiger partial charge in [-0.1, -0.05) is 51.1 Å². The molecular weight excluding hydrogens is 198 g/mol. The Bertz CT molecular complexity index is 349. The Kier molecular flexibility index (Phi) is 3.74. The second-order valence-corrected chi connectivity index (χ2v) is 5.44. The molecule has 16 heavy (non-hydrogen) atoms. The van der Waals surface area contributed by atoms with Gasteiger partial charge in [-0.05, 0) is 11.0 Å². The first-order valence-corrected chi connectivity index (χ1v) is 5.60. The lowest BCUT2D eigenvalue weighted by atomic mass is 9.75. The molecule has 1 amide bonds. The van der Waals surface area contributed by atoms with Gasteiger partial charge in [0.05, 0.1) is 5.92 Å². The molecule has 0 bridgehead atoms. The van der Waals surface area contributed by atoms with Crippen LogP contribution in [0.3, 0.4) is 0 Å². The largest absolute Gasteiger partial charge is 0.348 e. The Morgan fingerprint density at radius 1 is 1.12 bits per heavy atom. The van der Waals surface area contributed by atoms with Gasteiger partial charge >= 0.3 is 0 Å². The molecule has 2 heteroatoms. The van der Waals surface area contributed by atoms with Crippen molar-refractivity contribution >= 4 is 5.91 Å². The summed E-state index contributed by atoms with van der Waals surface area (Å²) < 4.78 is 0. The van der Waals surface area contributed by atoms with Crippen LogP contribution in [-0.2, 0) is 4.79 Å². The van der Waals surface area contributed by atoms with E-state index in [1.54, 1.807) is 4.90 Å². The summed E-state index contributed by atoms with van der Waals surface area (Å²) in [5.74, 6) is 0.0856. The van der Waals surface area contributed by atoms with Crippen molar-refractivity contribution < 1.29 is 4.79 Å². The van der Waals surface area contributed by atoms with Gasteiger partial charge in [0, 0.05) is 14.1 Å². The van der Waals surface area contributed by atoms with Gasteiger partial charge in [0.15, 0.2) is 0 Å². The molecule has 0 aliphatic rings. The molecule has 0 aliphatic heterocycles. The maximum Gasteiger partial charge on any atom is 0.230 e. The van der Waals surface area contributed by atoms with Gasteiger partial charge in [0.2, 0.25) is 5.91 Å². The minimum Gasteiger partial charge on any atom is -0.348 e. The number of carbonyl (C=O) groups is 1. The van der Waals surface area contributed by atoms with Crippen LogP contribution >= 0.6 is 0 Å². The molecule has 0 N–H and O–H groups in total. The Labute approximate surface area is 98.3 Å². The molecule has 1 rings (SSSR count). The molecule has 0 aliphatic carbocycles. The third-order valence-electron chi connectivity index (χ3n) is 2.69. The average Bonchev–Trinajstić information content (AvgIpc) is 2.17. The van der Waals surface area contributed by atoms with Crippen molar-refractivity contribution in [3.63, 3.8) is 0 Å². The number of carbonyl (C=O) groups excluding carboxylic acids is 1. The molecule has 0 saturated heterocycles. The molecular formula is C14H21NO. The SMILES string of the molecule is CN(C)C(=O)C(c1ccccc1)C(C)(C)C. The van der Waals surface area contributed by atoms with Crippen LogP contribution in [0.4, 0.5) is 0 Å². The van der Waals surface area contributed by atoms with Gasteiger partial charge in [0.25, 0.3) is 0 Å². The fourth-order valence-corrected chi connectivity index (χ4v) is 1.92. The second kappa shape index (κ2) is 4.69. The summed E-state index contributed by atoms with van der Waals surface area (Å²) in [6.07, 6.45) is 0. The molecule has 0 aromatic heterocycles. The fourth-order valence-electron chi connectivity index (χ4n) is 1.92. The van der Waals surface area contributed by atoms with Crippen LogP contribution in [0.5, 0.6) is 0 Å². The summed E-state index contributed by atoms with van der Waals surface area (Å²) in [6, 6.07) is 9.99. The quantitative estimate of drug-likeness (QED) is 0.749. The zero-order chi connectivity index (χ0) is 12.3.